The maximum absolute atomic E-state index is 10.2. The molecule has 0 saturated carbocycles. The first kappa shape index (κ1) is 11.4. The minimum atomic E-state index is -0.920. The molecule has 0 spiro atoms. The number of hydrogen-bond acceptors (Lipinski definition) is 3. The summed E-state index contributed by atoms with van der Waals surface area (Å²) < 4.78 is 0. The van der Waals surface area contributed by atoms with Gasteiger partial charge in [-0.15, -0.1) is 0 Å². The molecule has 1 rings (SSSR count). The summed E-state index contributed by atoms with van der Waals surface area (Å²) in [6, 6.07) is -0.272. The average Bonchev–Trinajstić information content (AvgIpc) is 2.62. The third-order valence-electron chi connectivity index (χ3n) is 1.79. The Bertz CT molecular complexity index is 140. The minimum Gasteiger partial charge on any atom is -0.548 e. The molecular formula is C7H12NNaO2. The Morgan fingerprint density at radius 2 is 2.36 bits per heavy atom. The van der Waals surface area contributed by atoms with Gasteiger partial charge in [0.15, 0.2) is 0 Å². The Kier molecular flexibility index (Phi) is 5.34. The second-order valence-corrected chi connectivity index (χ2v) is 2.68. The number of hydrogen-bond donors (Lipinski definition) is 0. The van der Waals surface area contributed by atoms with Crippen LogP contribution in [0, 0.1) is 0 Å². The van der Waals surface area contributed by atoms with Crippen molar-refractivity contribution in [3.8, 4) is 0 Å². The molecule has 58 valence electrons. The van der Waals surface area contributed by atoms with E-state index in [1.807, 2.05) is 4.90 Å². The Morgan fingerprint density at radius 1 is 1.73 bits per heavy atom. The summed E-state index contributed by atoms with van der Waals surface area (Å²) in [4.78, 5) is 12.1. The van der Waals surface area contributed by atoms with Crippen molar-refractivity contribution in [1.29, 1.82) is 0 Å². The minimum absolute atomic E-state index is 0. The molecule has 0 aliphatic carbocycles. The fourth-order valence-corrected chi connectivity index (χ4v) is 1.01. The van der Waals surface area contributed by atoms with Crippen molar-refractivity contribution in [2.75, 3.05) is 13.1 Å². The fourth-order valence-electron chi connectivity index (χ4n) is 1.01. The number of carbonyl (C=O) groups excluding carboxylic acids is 1. The van der Waals surface area contributed by atoms with E-state index in [1.165, 1.54) is 0 Å². The van der Waals surface area contributed by atoms with Gasteiger partial charge in [0, 0.05) is 6.54 Å². The summed E-state index contributed by atoms with van der Waals surface area (Å²) in [5.74, 6) is -0.920. The third kappa shape index (κ3) is 3.56. The zero-order valence-corrected chi connectivity index (χ0v) is 9.17. The van der Waals surface area contributed by atoms with Gasteiger partial charge in [0.1, 0.15) is 0 Å². The number of carboxylic acid groups (broad SMARTS) is 1. The Balaban J connectivity index is 0.000001000. The molecule has 0 bridgehead atoms. The third-order valence-corrected chi connectivity index (χ3v) is 1.79. The van der Waals surface area contributed by atoms with Crippen molar-refractivity contribution >= 4 is 5.97 Å². The van der Waals surface area contributed by atoms with E-state index >= 15 is 0 Å². The molecule has 1 fully saturated rings. The number of unbranched alkanes of at least 4 members (excludes halogenated alkanes) is 1. The molecule has 0 aromatic carbocycles. The molecule has 1 saturated heterocycles. The molecule has 0 radical (unpaired) electrons. The van der Waals surface area contributed by atoms with E-state index in [9.17, 15) is 9.90 Å². The molecule has 2 atom stereocenters. The molecule has 4 heteroatoms. The summed E-state index contributed by atoms with van der Waals surface area (Å²) in [5, 5.41) is 10.2. The van der Waals surface area contributed by atoms with Crippen LogP contribution in [-0.2, 0) is 4.79 Å². The van der Waals surface area contributed by atoms with E-state index in [4.69, 9.17) is 0 Å². The Hall–Kier alpha value is 0.430. The second-order valence-electron chi connectivity index (χ2n) is 2.68. The van der Waals surface area contributed by atoms with E-state index < -0.39 is 5.97 Å². The van der Waals surface area contributed by atoms with Gasteiger partial charge in [-0.2, -0.15) is 0 Å². The first-order valence-electron chi connectivity index (χ1n) is 3.70. The average molecular weight is 165 g/mol. The molecule has 11 heavy (non-hydrogen) atoms. The van der Waals surface area contributed by atoms with Crippen LogP contribution < -0.4 is 34.7 Å². The molecule has 3 nitrogen and oxygen atoms in total. The van der Waals surface area contributed by atoms with Crippen molar-refractivity contribution in [1.82, 2.24) is 4.90 Å². The van der Waals surface area contributed by atoms with Gasteiger partial charge < -0.3 is 9.90 Å². The van der Waals surface area contributed by atoms with Gasteiger partial charge in [-0.1, -0.05) is 13.3 Å². The first-order valence-corrected chi connectivity index (χ1v) is 3.70. The van der Waals surface area contributed by atoms with Gasteiger partial charge in [0.25, 0.3) is 0 Å². The van der Waals surface area contributed by atoms with Crippen molar-refractivity contribution < 1.29 is 39.5 Å². The summed E-state index contributed by atoms with van der Waals surface area (Å²) in [7, 11) is 0. The van der Waals surface area contributed by atoms with Crippen molar-refractivity contribution in [2.24, 2.45) is 0 Å². The second kappa shape index (κ2) is 5.14. The zero-order chi connectivity index (χ0) is 7.56. The molecule has 0 N–H and O–H groups in total. The van der Waals surface area contributed by atoms with Crippen LogP contribution in [-0.4, -0.2) is 30.0 Å². The van der Waals surface area contributed by atoms with E-state index in [-0.39, 0.29) is 35.6 Å². The van der Waals surface area contributed by atoms with Gasteiger partial charge in [-0.05, 0) is 13.0 Å². The van der Waals surface area contributed by atoms with Crippen LogP contribution in [0.2, 0.25) is 0 Å². The van der Waals surface area contributed by atoms with E-state index in [2.05, 4.69) is 6.92 Å². The zero-order valence-electron chi connectivity index (χ0n) is 7.17. The standard InChI is InChI=1S/C7H13NO2.Na/c1-2-3-4-8-5-6(8)7(9)10;/h6H,2-5H2,1H3,(H,9,10);/q;+1/p-1. The van der Waals surface area contributed by atoms with Crippen molar-refractivity contribution in [3.63, 3.8) is 0 Å². The number of rotatable bonds is 4. The van der Waals surface area contributed by atoms with Crippen LogP contribution in [0.4, 0.5) is 0 Å². The SMILES string of the molecule is CCCCN1CC1C(=O)[O-].[Na+]. The molecular weight excluding hydrogens is 153 g/mol. The predicted octanol–water partition coefficient (Wildman–Crippen LogP) is -3.78. The topological polar surface area (TPSA) is 43.1 Å². The monoisotopic (exact) mass is 165 g/mol. The van der Waals surface area contributed by atoms with Crippen LogP contribution in [0.25, 0.3) is 0 Å². The predicted molar refractivity (Wildman–Crippen MR) is 35.3 cm³/mol. The number of carbonyl (C=O) groups is 1. The molecule has 0 amide bonds. The van der Waals surface area contributed by atoms with Gasteiger partial charge >= 0.3 is 29.6 Å². The molecule has 0 aromatic heterocycles. The summed E-state index contributed by atoms with van der Waals surface area (Å²) in [6.45, 7) is 3.70. The molecule has 0 aromatic rings. The fraction of sp³-hybridized carbons (Fsp3) is 0.857. The van der Waals surface area contributed by atoms with Gasteiger partial charge in [-0.25, -0.2) is 0 Å². The summed E-state index contributed by atoms with van der Waals surface area (Å²) in [5.41, 5.74) is 0. The van der Waals surface area contributed by atoms with Gasteiger partial charge in [0.05, 0.1) is 12.0 Å². The number of nitrogens with zero attached hydrogens (tertiary/aromatic N) is 1. The Labute approximate surface area is 89.1 Å². The first-order chi connectivity index (χ1) is 4.75. The van der Waals surface area contributed by atoms with Crippen molar-refractivity contribution in [2.45, 2.75) is 25.8 Å². The number of carboxylic acids is 1. The maximum Gasteiger partial charge on any atom is 1.00 e. The van der Waals surface area contributed by atoms with Gasteiger partial charge in [0.2, 0.25) is 0 Å². The molecule has 1 aliphatic heterocycles. The smallest absolute Gasteiger partial charge is 0.548 e. The quantitative estimate of drug-likeness (QED) is 0.317. The number of aliphatic carboxylic acids is 1. The van der Waals surface area contributed by atoms with E-state index in [0.717, 1.165) is 19.4 Å². The van der Waals surface area contributed by atoms with E-state index in [0.29, 0.717) is 6.54 Å². The molecule has 2 unspecified atom stereocenters. The van der Waals surface area contributed by atoms with Crippen molar-refractivity contribution in [3.05, 3.63) is 0 Å². The Morgan fingerprint density at radius 3 is 2.73 bits per heavy atom. The molecule has 1 aliphatic rings. The molecule has 1 heterocycles. The van der Waals surface area contributed by atoms with E-state index in [1.54, 1.807) is 0 Å². The van der Waals surface area contributed by atoms with Gasteiger partial charge in [-0.3, -0.25) is 4.90 Å². The van der Waals surface area contributed by atoms with Crippen LogP contribution in [0.15, 0.2) is 0 Å². The summed E-state index contributed by atoms with van der Waals surface area (Å²) in [6.07, 6.45) is 2.21. The van der Waals surface area contributed by atoms with Crippen LogP contribution in [0.1, 0.15) is 19.8 Å². The van der Waals surface area contributed by atoms with Crippen LogP contribution in [0.3, 0.4) is 0 Å². The largest absolute Gasteiger partial charge is 1.00 e. The normalized spacial score (nSPS) is 27.4. The maximum atomic E-state index is 10.2. The van der Waals surface area contributed by atoms with Crippen LogP contribution >= 0.6 is 0 Å². The summed E-state index contributed by atoms with van der Waals surface area (Å²) >= 11 is 0. The van der Waals surface area contributed by atoms with Crippen LogP contribution in [0.5, 0.6) is 0 Å².